The Bertz CT molecular complexity index is 257. The Labute approximate surface area is 153 Å². The monoisotopic (exact) mass is 413 g/mol. The van der Waals surface area contributed by atoms with Gasteiger partial charge in [0.1, 0.15) is 0 Å². The van der Waals surface area contributed by atoms with E-state index < -0.39 is 8.03 Å². The summed E-state index contributed by atoms with van der Waals surface area (Å²) in [6, 6.07) is 0. The van der Waals surface area contributed by atoms with Crippen molar-refractivity contribution in [1.29, 1.82) is 0 Å². The summed E-state index contributed by atoms with van der Waals surface area (Å²) in [5.74, 6) is 0. The first kappa shape index (κ1) is 24.7. The van der Waals surface area contributed by atoms with Crippen molar-refractivity contribution < 1.29 is 30.5 Å². The van der Waals surface area contributed by atoms with Crippen LogP contribution in [0.4, 0.5) is 0 Å². The van der Waals surface area contributed by atoms with E-state index in [9.17, 15) is 4.57 Å². The Hall–Kier alpha value is 0.488. The Balaban J connectivity index is 0. The van der Waals surface area contributed by atoms with Crippen molar-refractivity contribution in [3.8, 4) is 0 Å². The fourth-order valence-electron chi connectivity index (χ4n) is 2.49. The van der Waals surface area contributed by atoms with E-state index in [1.807, 2.05) is 0 Å². The van der Waals surface area contributed by atoms with Crippen molar-refractivity contribution >= 4 is 8.03 Å². The molecule has 0 fully saturated rings. The maximum atomic E-state index is 10.5. The second kappa shape index (κ2) is 21.5. The molecule has 2 nitrogen and oxygen atoms in total. The Morgan fingerprint density at radius 2 is 1.14 bits per heavy atom. The maximum Gasteiger partial charge on any atom is 0.505 e. The topological polar surface area (TPSA) is 37.3 Å². The van der Waals surface area contributed by atoms with Crippen LogP contribution < -0.4 is 0 Å². The van der Waals surface area contributed by atoms with Crippen molar-refractivity contribution in [2.45, 2.75) is 96.8 Å². The van der Waals surface area contributed by atoms with E-state index in [4.69, 9.17) is 4.89 Å². The quantitative estimate of drug-likeness (QED) is 0.132. The van der Waals surface area contributed by atoms with Crippen molar-refractivity contribution in [1.82, 2.24) is 0 Å². The predicted octanol–water partition coefficient (Wildman–Crippen LogP) is 6.76. The second-order valence-electron chi connectivity index (χ2n) is 6.01. The van der Waals surface area contributed by atoms with E-state index >= 15 is 0 Å². The third kappa shape index (κ3) is 22.8. The molecule has 0 aliphatic carbocycles. The predicted molar refractivity (Wildman–Crippen MR) is 94.1 cm³/mol. The summed E-state index contributed by atoms with van der Waals surface area (Å²) in [6.07, 6.45) is 23.1. The van der Waals surface area contributed by atoms with Gasteiger partial charge in [0.25, 0.3) is 0 Å². The van der Waals surface area contributed by atoms with Gasteiger partial charge in [-0.15, -0.1) is 0 Å². The van der Waals surface area contributed by atoms with Gasteiger partial charge < -0.3 is 0 Å². The standard InChI is InChI=1S/C18H35O2P.Mo/c1-2-3-4-5-6-7-8-9-10-11-12-13-14-15-16-17-18-21(19)20;/h9-10H,2-8,11-18H2,1H3;/p+1/b10-9-;. The zero-order chi connectivity index (χ0) is 15.6. The molecule has 0 aromatic heterocycles. The third-order valence-electron chi connectivity index (χ3n) is 3.86. The number of unbranched alkanes of at least 4 members (excludes halogenated alkanes) is 12. The van der Waals surface area contributed by atoms with Gasteiger partial charge in [-0.1, -0.05) is 70.4 Å². The van der Waals surface area contributed by atoms with Gasteiger partial charge in [-0.2, -0.15) is 4.89 Å². The van der Waals surface area contributed by atoms with E-state index in [2.05, 4.69) is 19.1 Å². The van der Waals surface area contributed by atoms with E-state index in [1.54, 1.807) is 0 Å². The molecule has 0 radical (unpaired) electrons. The summed E-state index contributed by atoms with van der Waals surface area (Å²) < 4.78 is 10.5. The maximum absolute atomic E-state index is 10.5. The van der Waals surface area contributed by atoms with E-state index in [1.165, 1.54) is 77.0 Å². The molecule has 1 atom stereocenters. The van der Waals surface area contributed by atoms with Crippen LogP contribution in [0.3, 0.4) is 0 Å². The number of hydrogen-bond donors (Lipinski definition) is 1. The van der Waals surface area contributed by atoms with E-state index in [-0.39, 0.29) is 21.1 Å². The molecule has 0 saturated heterocycles. The van der Waals surface area contributed by atoms with Gasteiger partial charge in [-0.25, -0.2) is 0 Å². The normalized spacial score (nSPS) is 11.6. The molecule has 1 N–H and O–H groups in total. The molecule has 0 amide bonds. The van der Waals surface area contributed by atoms with Gasteiger partial charge in [-0.3, -0.25) is 0 Å². The van der Waals surface area contributed by atoms with Gasteiger partial charge in [0.15, 0.2) is 6.16 Å². The van der Waals surface area contributed by atoms with Gasteiger partial charge in [-0.05, 0) is 43.1 Å². The molecule has 130 valence electrons. The molecule has 4 heteroatoms. The van der Waals surface area contributed by atoms with Gasteiger partial charge in [0.05, 0.1) is 0 Å². The van der Waals surface area contributed by atoms with E-state index in [0.717, 1.165) is 12.8 Å². The average Bonchev–Trinajstić information content (AvgIpc) is 2.46. The molecule has 0 aromatic carbocycles. The molecule has 1 unspecified atom stereocenters. The molecule has 0 aliphatic heterocycles. The van der Waals surface area contributed by atoms with E-state index in [0.29, 0.717) is 6.16 Å². The van der Waals surface area contributed by atoms with Crippen LogP contribution in [0.15, 0.2) is 12.2 Å². The average molecular weight is 411 g/mol. The fourth-order valence-corrected chi connectivity index (χ4v) is 2.99. The Morgan fingerprint density at radius 3 is 1.59 bits per heavy atom. The zero-order valence-electron chi connectivity index (χ0n) is 14.5. The molecule has 22 heavy (non-hydrogen) atoms. The molecule has 0 bridgehead atoms. The molecule has 0 rings (SSSR count). The summed E-state index contributed by atoms with van der Waals surface area (Å²) >= 11 is 0. The van der Waals surface area contributed by atoms with Crippen molar-refractivity contribution in [2.24, 2.45) is 0 Å². The van der Waals surface area contributed by atoms with Crippen molar-refractivity contribution in [2.75, 3.05) is 6.16 Å². The molecular weight excluding hydrogens is 375 g/mol. The largest absolute Gasteiger partial charge is 0.505 e. The van der Waals surface area contributed by atoms with Crippen LogP contribution in [0.25, 0.3) is 0 Å². The SMILES string of the molecule is CCCCCCCC/C=C\CCCCCCCC[P+](=O)O.[Mo]. The van der Waals surface area contributed by atoms with Crippen molar-refractivity contribution in [3.05, 3.63) is 12.2 Å². The van der Waals surface area contributed by atoms with Gasteiger partial charge in [0, 0.05) is 21.1 Å². The summed E-state index contributed by atoms with van der Waals surface area (Å²) in [5, 5.41) is 0. The van der Waals surface area contributed by atoms with Crippen molar-refractivity contribution in [3.63, 3.8) is 0 Å². The van der Waals surface area contributed by atoms with Crippen LogP contribution in [0.5, 0.6) is 0 Å². The second-order valence-corrected chi connectivity index (χ2v) is 7.17. The Kier molecular flexibility index (Phi) is 24.2. The first-order valence-electron chi connectivity index (χ1n) is 9.06. The first-order valence-corrected chi connectivity index (χ1v) is 10.5. The van der Waals surface area contributed by atoms with Crippen LogP contribution in [0.2, 0.25) is 0 Å². The summed E-state index contributed by atoms with van der Waals surface area (Å²) in [5.41, 5.74) is 0. The minimum atomic E-state index is -1.90. The molecule has 0 heterocycles. The van der Waals surface area contributed by atoms with Gasteiger partial charge >= 0.3 is 8.03 Å². The van der Waals surface area contributed by atoms with Crippen LogP contribution in [0, 0.1) is 0 Å². The molecule has 0 spiro atoms. The fraction of sp³-hybridized carbons (Fsp3) is 0.889. The minimum absolute atomic E-state index is 0. The molecule has 0 aromatic rings. The van der Waals surface area contributed by atoms with Crippen LogP contribution in [-0.4, -0.2) is 11.1 Å². The molecule has 0 saturated carbocycles. The van der Waals surface area contributed by atoms with Gasteiger partial charge in [0.2, 0.25) is 0 Å². The summed E-state index contributed by atoms with van der Waals surface area (Å²) in [6.45, 7) is 2.26. The Morgan fingerprint density at radius 1 is 0.727 bits per heavy atom. The molecule has 0 aliphatic rings. The third-order valence-corrected chi connectivity index (χ3v) is 4.56. The van der Waals surface area contributed by atoms with Crippen LogP contribution in [-0.2, 0) is 25.6 Å². The smallest absolute Gasteiger partial charge is 0.161 e. The van der Waals surface area contributed by atoms with Crippen LogP contribution in [0.1, 0.15) is 96.8 Å². The number of hydrogen-bond acceptors (Lipinski definition) is 1. The minimum Gasteiger partial charge on any atom is -0.161 e. The summed E-state index contributed by atoms with van der Waals surface area (Å²) in [7, 11) is -1.90. The summed E-state index contributed by atoms with van der Waals surface area (Å²) in [4.78, 5) is 8.67. The molecular formula is C18H36MoO2P+. The zero-order valence-corrected chi connectivity index (χ0v) is 17.4. The number of allylic oxidation sites excluding steroid dienone is 2. The number of rotatable bonds is 16. The first-order chi connectivity index (χ1) is 10.3. The van der Waals surface area contributed by atoms with Crippen LogP contribution >= 0.6 is 8.03 Å².